The molecule has 0 heterocycles. The smallest absolute Gasteiger partial charge is 0.745 e. The number of aryl methyl sites for hydroxylation is 1. The maximum absolute atomic E-state index is 11.4. The van der Waals surface area contributed by atoms with Crippen LogP contribution in [0.15, 0.2) is 18.2 Å². The largest absolute Gasteiger partial charge is 1.00 e. The molecule has 0 aliphatic heterocycles. The third-order valence-corrected chi connectivity index (χ3v) is 5.56. The molecule has 0 saturated carbocycles. The van der Waals surface area contributed by atoms with Crippen LogP contribution in [0.25, 0.3) is 0 Å². The van der Waals surface area contributed by atoms with E-state index >= 15 is 0 Å². The Morgan fingerprint density at radius 2 is 1.56 bits per heavy atom. The first-order chi connectivity index (χ1) is 11.2. The molecular formula is C19H31NaO4S. The molecule has 0 saturated heterocycles. The minimum Gasteiger partial charge on any atom is -0.745 e. The van der Waals surface area contributed by atoms with Gasteiger partial charge < -0.3 is 9.29 Å². The summed E-state index contributed by atoms with van der Waals surface area (Å²) in [5.41, 5.74) is 2.26. The van der Waals surface area contributed by atoms with Gasteiger partial charge in [-0.25, -0.2) is 8.42 Å². The van der Waals surface area contributed by atoms with Crippen LogP contribution < -0.4 is 34.3 Å². The molecular weight excluding hydrogens is 347 g/mol. The van der Waals surface area contributed by atoms with Crippen molar-refractivity contribution < 1.29 is 47.3 Å². The monoisotopic (exact) mass is 378 g/mol. The summed E-state index contributed by atoms with van der Waals surface area (Å²) in [4.78, 5) is -1.77. The summed E-state index contributed by atoms with van der Waals surface area (Å²) >= 11 is 0. The van der Waals surface area contributed by atoms with Gasteiger partial charge in [0, 0.05) is 0 Å². The second kappa shape index (κ2) is 11.6. The maximum atomic E-state index is 11.4. The van der Waals surface area contributed by atoms with Crippen molar-refractivity contribution in [2.45, 2.75) is 84.0 Å². The van der Waals surface area contributed by atoms with E-state index in [0.717, 1.165) is 50.5 Å². The van der Waals surface area contributed by atoms with E-state index in [-0.39, 0.29) is 29.6 Å². The van der Waals surface area contributed by atoms with Crippen LogP contribution in [-0.2, 0) is 23.0 Å². The average Bonchev–Trinajstić information content (AvgIpc) is 2.48. The van der Waals surface area contributed by atoms with E-state index in [2.05, 4.69) is 19.9 Å². The molecule has 138 valence electrons. The van der Waals surface area contributed by atoms with E-state index in [0.29, 0.717) is 5.75 Å². The van der Waals surface area contributed by atoms with Gasteiger partial charge in [0.2, 0.25) is 0 Å². The molecule has 0 radical (unpaired) electrons. The molecule has 0 atom stereocenters. The minimum absolute atomic E-state index is 0. The fourth-order valence-corrected chi connectivity index (χ4v) is 2.85. The zero-order valence-electron chi connectivity index (χ0n) is 16.4. The first-order valence-electron chi connectivity index (χ1n) is 8.98. The van der Waals surface area contributed by atoms with Crippen LogP contribution in [0.2, 0.25) is 0 Å². The van der Waals surface area contributed by atoms with Crippen LogP contribution in [0.1, 0.15) is 77.3 Å². The van der Waals surface area contributed by atoms with Crippen molar-refractivity contribution >= 4 is 10.1 Å². The van der Waals surface area contributed by atoms with Gasteiger partial charge in [-0.3, -0.25) is 0 Å². The zero-order valence-corrected chi connectivity index (χ0v) is 19.2. The molecule has 25 heavy (non-hydrogen) atoms. The van der Waals surface area contributed by atoms with Crippen LogP contribution in [0.4, 0.5) is 0 Å². The molecule has 0 N–H and O–H groups in total. The molecule has 0 bridgehead atoms. The number of rotatable bonds is 11. The predicted octanol–water partition coefficient (Wildman–Crippen LogP) is 1.82. The summed E-state index contributed by atoms with van der Waals surface area (Å²) in [6.45, 7) is 6.95. The van der Waals surface area contributed by atoms with E-state index in [9.17, 15) is 13.0 Å². The Kier molecular flexibility index (Phi) is 11.6. The first-order valence-corrected chi connectivity index (χ1v) is 10.4. The fourth-order valence-electron chi connectivity index (χ4n) is 2.66. The molecule has 6 heteroatoms. The van der Waals surface area contributed by atoms with Gasteiger partial charge in [-0.15, -0.1) is 0 Å². The normalized spacial score (nSPS) is 11.9. The maximum Gasteiger partial charge on any atom is 1.00 e. The Morgan fingerprint density at radius 1 is 1.00 bits per heavy atom. The van der Waals surface area contributed by atoms with Gasteiger partial charge in [0.15, 0.2) is 4.93 Å². The van der Waals surface area contributed by atoms with Crippen molar-refractivity contribution in [1.82, 2.24) is 0 Å². The van der Waals surface area contributed by atoms with Gasteiger partial charge in [0.05, 0.1) is 0 Å². The van der Waals surface area contributed by atoms with Crippen LogP contribution in [0, 0.1) is 0 Å². The van der Waals surface area contributed by atoms with Crippen LogP contribution >= 0.6 is 0 Å². The summed E-state index contributed by atoms with van der Waals surface area (Å²) < 4.78 is 40.0. The quantitative estimate of drug-likeness (QED) is 0.335. The second-order valence-corrected chi connectivity index (χ2v) is 8.66. The average molecular weight is 379 g/mol. The van der Waals surface area contributed by atoms with Gasteiger partial charge >= 0.3 is 29.6 Å². The summed E-state index contributed by atoms with van der Waals surface area (Å²) in [6.07, 6.45) is 8.49. The number of hydrogen-bond acceptors (Lipinski definition) is 4. The SMILES string of the molecule is CCCCCc1cccc(OC(C)(C)S(=O)(=O)[O-])c1CCCCC.[Na+]. The van der Waals surface area contributed by atoms with Crippen molar-refractivity contribution in [2.24, 2.45) is 0 Å². The standard InChI is InChI=1S/C19H32O4S.Na/c1-5-7-9-12-16-13-11-15-18(17(16)14-10-8-6-2)23-19(3,4)24(20,21)22;/h11,13,15H,5-10,12,14H2,1-4H3,(H,20,21,22);/q;+1/p-1. The molecule has 1 aromatic rings. The van der Waals surface area contributed by atoms with E-state index in [1.807, 2.05) is 6.07 Å². The van der Waals surface area contributed by atoms with Gasteiger partial charge in [-0.2, -0.15) is 0 Å². The number of hydrogen-bond donors (Lipinski definition) is 0. The van der Waals surface area contributed by atoms with Crippen molar-refractivity contribution in [3.63, 3.8) is 0 Å². The molecule has 0 aliphatic carbocycles. The number of benzene rings is 1. The van der Waals surface area contributed by atoms with Gasteiger partial charge in [-0.05, 0) is 56.7 Å². The molecule has 0 unspecified atom stereocenters. The van der Waals surface area contributed by atoms with E-state index in [1.165, 1.54) is 25.8 Å². The third kappa shape index (κ3) is 8.00. The zero-order chi connectivity index (χ0) is 18.2. The summed E-state index contributed by atoms with van der Waals surface area (Å²) in [6, 6.07) is 5.74. The van der Waals surface area contributed by atoms with Crippen molar-refractivity contribution in [1.29, 1.82) is 0 Å². The van der Waals surface area contributed by atoms with E-state index in [1.54, 1.807) is 6.07 Å². The predicted molar refractivity (Wildman–Crippen MR) is 97.3 cm³/mol. The number of unbranched alkanes of at least 4 members (excludes halogenated alkanes) is 4. The molecule has 1 rings (SSSR count). The summed E-state index contributed by atoms with van der Waals surface area (Å²) in [5.74, 6) is 0.532. The van der Waals surface area contributed by atoms with Crippen molar-refractivity contribution in [3.8, 4) is 5.75 Å². The van der Waals surface area contributed by atoms with Gasteiger partial charge in [0.25, 0.3) is 0 Å². The van der Waals surface area contributed by atoms with Crippen LogP contribution in [0.5, 0.6) is 5.75 Å². The molecule has 0 amide bonds. The second-order valence-electron chi connectivity index (χ2n) is 6.76. The topological polar surface area (TPSA) is 66.4 Å². The molecule has 0 aliphatic rings. The molecule has 0 fully saturated rings. The molecule has 0 spiro atoms. The Balaban J connectivity index is 0.00000576. The Morgan fingerprint density at radius 3 is 2.08 bits per heavy atom. The number of ether oxygens (including phenoxy) is 1. The van der Waals surface area contributed by atoms with Gasteiger partial charge in [-0.1, -0.05) is 51.7 Å². The summed E-state index contributed by atoms with van der Waals surface area (Å²) in [5, 5.41) is 0. The first kappa shape index (κ1) is 24.9. The molecule has 0 aromatic heterocycles. The molecule has 4 nitrogen and oxygen atoms in total. The summed E-state index contributed by atoms with van der Waals surface area (Å²) in [7, 11) is -4.55. The Labute approximate surface area is 175 Å². The third-order valence-electron chi connectivity index (χ3n) is 4.27. The van der Waals surface area contributed by atoms with Crippen molar-refractivity contribution in [2.75, 3.05) is 0 Å². The fraction of sp³-hybridized carbons (Fsp3) is 0.684. The van der Waals surface area contributed by atoms with Crippen LogP contribution in [-0.4, -0.2) is 17.9 Å². The minimum atomic E-state index is -4.55. The van der Waals surface area contributed by atoms with Gasteiger partial charge in [0.1, 0.15) is 15.9 Å². The molecule has 1 aromatic carbocycles. The van der Waals surface area contributed by atoms with E-state index in [4.69, 9.17) is 4.74 Å². The van der Waals surface area contributed by atoms with Crippen LogP contribution in [0.3, 0.4) is 0 Å². The Hall–Kier alpha value is -0.0700. The van der Waals surface area contributed by atoms with E-state index < -0.39 is 15.1 Å². The van der Waals surface area contributed by atoms with Crippen molar-refractivity contribution in [3.05, 3.63) is 29.3 Å². The Bertz CT molecular complexity index is 612.